The van der Waals surface area contributed by atoms with Gasteiger partial charge in [-0.2, -0.15) is 5.10 Å². The van der Waals surface area contributed by atoms with E-state index in [0.29, 0.717) is 5.02 Å². The molecule has 0 radical (unpaired) electrons. The molecule has 0 aliphatic rings. The summed E-state index contributed by atoms with van der Waals surface area (Å²) in [4.78, 5) is 22.7. The van der Waals surface area contributed by atoms with E-state index in [0.717, 1.165) is 17.5 Å². The van der Waals surface area contributed by atoms with E-state index in [9.17, 15) is 9.59 Å². The van der Waals surface area contributed by atoms with Crippen molar-refractivity contribution in [1.82, 2.24) is 15.1 Å². The van der Waals surface area contributed by atoms with Crippen molar-refractivity contribution in [3.8, 4) is 5.69 Å². The van der Waals surface area contributed by atoms with Gasteiger partial charge in [0.1, 0.15) is 6.26 Å². The molecule has 0 atom stereocenters. The molecule has 0 aliphatic heterocycles. The molecule has 1 aromatic carbocycles. The molecule has 0 bridgehead atoms. The van der Waals surface area contributed by atoms with Gasteiger partial charge in [-0.15, -0.1) is 0 Å². The third kappa shape index (κ3) is 3.47. The molecular formula is C16H12ClN3O4. The lowest BCUT2D eigenvalue weighted by molar-refractivity contribution is 0.0696. The van der Waals surface area contributed by atoms with Crippen LogP contribution in [0, 0.1) is 0 Å². The number of nitrogens with one attached hydrogen (secondary N) is 1. The van der Waals surface area contributed by atoms with Gasteiger partial charge in [-0.05, 0) is 24.3 Å². The minimum absolute atomic E-state index is 0.0579. The molecule has 1 amide bonds. The van der Waals surface area contributed by atoms with Crippen LogP contribution in [0.4, 0.5) is 0 Å². The van der Waals surface area contributed by atoms with Crippen molar-refractivity contribution in [2.24, 2.45) is 0 Å². The van der Waals surface area contributed by atoms with Crippen molar-refractivity contribution in [2.75, 3.05) is 0 Å². The molecule has 2 aromatic heterocycles. The molecule has 0 spiro atoms. The van der Waals surface area contributed by atoms with Crippen LogP contribution < -0.4 is 5.32 Å². The number of carbonyl (C=O) groups is 2. The van der Waals surface area contributed by atoms with Crippen LogP contribution in [0.3, 0.4) is 0 Å². The van der Waals surface area contributed by atoms with Crippen LogP contribution in [0.5, 0.6) is 0 Å². The number of furan rings is 1. The Kier molecular flexibility index (Phi) is 4.35. The van der Waals surface area contributed by atoms with Gasteiger partial charge >= 0.3 is 5.97 Å². The van der Waals surface area contributed by atoms with E-state index >= 15 is 0 Å². The van der Waals surface area contributed by atoms with Crippen molar-refractivity contribution in [3.05, 3.63) is 70.9 Å². The van der Waals surface area contributed by atoms with Gasteiger partial charge in [-0.1, -0.05) is 11.6 Å². The second kappa shape index (κ2) is 6.59. The summed E-state index contributed by atoms with van der Waals surface area (Å²) in [6, 6.07) is 8.35. The Labute approximate surface area is 141 Å². The van der Waals surface area contributed by atoms with Gasteiger partial charge in [0.15, 0.2) is 5.76 Å². The Morgan fingerprint density at radius 3 is 2.71 bits per heavy atom. The van der Waals surface area contributed by atoms with E-state index in [4.69, 9.17) is 21.1 Å². The van der Waals surface area contributed by atoms with Crippen LogP contribution in [0.25, 0.3) is 5.69 Å². The highest BCUT2D eigenvalue weighted by molar-refractivity contribution is 6.30. The number of carboxylic acids is 1. The van der Waals surface area contributed by atoms with Crippen molar-refractivity contribution in [3.63, 3.8) is 0 Å². The number of aromatic carboxylic acids is 1. The van der Waals surface area contributed by atoms with Crippen LogP contribution in [0.15, 0.2) is 53.4 Å². The predicted molar refractivity (Wildman–Crippen MR) is 85.4 cm³/mol. The maximum absolute atomic E-state index is 11.9. The van der Waals surface area contributed by atoms with Crippen LogP contribution in [-0.2, 0) is 6.54 Å². The fourth-order valence-electron chi connectivity index (χ4n) is 2.02. The zero-order chi connectivity index (χ0) is 17.1. The highest BCUT2D eigenvalue weighted by Gasteiger charge is 2.14. The normalized spacial score (nSPS) is 10.5. The summed E-state index contributed by atoms with van der Waals surface area (Å²) in [5, 5.41) is 16.3. The second-order valence-corrected chi connectivity index (χ2v) is 5.39. The van der Waals surface area contributed by atoms with Gasteiger partial charge < -0.3 is 14.8 Å². The minimum atomic E-state index is -1.15. The molecule has 0 saturated heterocycles. The topological polar surface area (TPSA) is 97.4 Å². The van der Waals surface area contributed by atoms with Gasteiger partial charge in [0.2, 0.25) is 0 Å². The average Bonchev–Trinajstić information content (AvgIpc) is 3.23. The van der Waals surface area contributed by atoms with E-state index in [1.807, 2.05) is 12.1 Å². The summed E-state index contributed by atoms with van der Waals surface area (Å²) in [7, 11) is 0. The molecule has 2 N–H and O–H groups in total. The monoisotopic (exact) mass is 345 g/mol. The number of benzene rings is 1. The minimum Gasteiger partial charge on any atom is -0.478 e. The van der Waals surface area contributed by atoms with Crippen molar-refractivity contribution >= 4 is 23.5 Å². The maximum Gasteiger partial charge on any atom is 0.338 e. The number of carboxylic acid groups (broad SMARTS) is 1. The quantitative estimate of drug-likeness (QED) is 0.741. The Morgan fingerprint density at radius 1 is 1.29 bits per heavy atom. The summed E-state index contributed by atoms with van der Waals surface area (Å²) in [6.45, 7) is 0.232. The van der Waals surface area contributed by atoms with E-state index in [1.54, 1.807) is 29.2 Å². The SMILES string of the molecule is O=C(O)c1coc(C(=O)NCc2cnn(-c3ccc(Cl)cc3)c2)c1. The molecule has 8 heteroatoms. The number of nitrogens with zero attached hydrogens (tertiary/aromatic N) is 2. The van der Waals surface area contributed by atoms with Crippen molar-refractivity contribution in [2.45, 2.75) is 6.54 Å². The van der Waals surface area contributed by atoms with Crippen LogP contribution in [0.2, 0.25) is 5.02 Å². The number of hydrogen-bond acceptors (Lipinski definition) is 4. The fourth-order valence-corrected chi connectivity index (χ4v) is 2.15. The van der Waals surface area contributed by atoms with E-state index in [1.165, 1.54) is 6.07 Å². The standard InChI is InChI=1S/C16H12ClN3O4/c17-12-1-3-13(4-2-12)20-8-10(7-19-20)6-18-15(21)14-5-11(9-24-14)16(22)23/h1-5,7-9H,6H2,(H,18,21)(H,22,23). The van der Waals surface area contributed by atoms with Crippen LogP contribution in [0.1, 0.15) is 26.5 Å². The lowest BCUT2D eigenvalue weighted by Gasteiger charge is -2.01. The Bertz CT molecular complexity index is 883. The molecule has 122 valence electrons. The Morgan fingerprint density at radius 2 is 2.04 bits per heavy atom. The van der Waals surface area contributed by atoms with Gasteiger partial charge in [0, 0.05) is 29.4 Å². The predicted octanol–water partition coefficient (Wildman–Crippen LogP) is 2.75. The second-order valence-electron chi connectivity index (χ2n) is 4.96. The molecule has 0 unspecified atom stereocenters. The van der Waals surface area contributed by atoms with E-state index in [-0.39, 0.29) is 17.9 Å². The molecular weight excluding hydrogens is 334 g/mol. The first-order valence-corrected chi connectivity index (χ1v) is 7.30. The number of amides is 1. The molecule has 0 aliphatic carbocycles. The molecule has 24 heavy (non-hydrogen) atoms. The molecule has 2 heterocycles. The summed E-state index contributed by atoms with van der Waals surface area (Å²) in [5.41, 5.74) is 1.55. The zero-order valence-electron chi connectivity index (χ0n) is 12.3. The molecule has 7 nitrogen and oxygen atoms in total. The van der Waals surface area contributed by atoms with Crippen LogP contribution >= 0.6 is 11.6 Å². The van der Waals surface area contributed by atoms with Gasteiger partial charge in [0.05, 0.1) is 17.4 Å². The molecule has 3 aromatic rings. The highest BCUT2D eigenvalue weighted by Crippen LogP contribution is 2.13. The summed E-state index contributed by atoms with van der Waals surface area (Å²) < 4.78 is 6.60. The summed E-state index contributed by atoms with van der Waals surface area (Å²) in [6.07, 6.45) is 4.42. The largest absolute Gasteiger partial charge is 0.478 e. The highest BCUT2D eigenvalue weighted by atomic mass is 35.5. The first-order valence-electron chi connectivity index (χ1n) is 6.92. The summed E-state index contributed by atoms with van der Waals surface area (Å²) in [5.74, 6) is -1.71. The van der Waals surface area contributed by atoms with Crippen molar-refractivity contribution in [1.29, 1.82) is 0 Å². The van der Waals surface area contributed by atoms with E-state index < -0.39 is 11.9 Å². The number of carbonyl (C=O) groups excluding carboxylic acids is 1. The third-order valence-electron chi connectivity index (χ3n) is 3.25. The maximum atomic E-state index is 11.9. The first kappa shape index (κ1) is 15.8. The zero-order valence-corrected chi connectivity index (χ0v) is 13.0. The van der Waals surface area contributed by atoms with Crippen molar-refractivity contribution < 1.29 is 19.1 Å². The Balaban J connectivity index is 1.63. The van der Waals surface area contributed by atoms with Gasteiger partial charge in [-0.25, -0.2) is 9.48 Å². The fraction of sp³-hybridized carbons (Fsp3) is 0.0625. The number of aromatic nitrogens is 2. The number of hydrogen-bond donors (Lipinski definition) is 2. The smallest absolute Gasteiger partial charge is 0.338 e. The lowest BCUT2D eigenvalue weighted by Crippen LogP contribution is -2.22. The molecule has 0 fully saturated rings. The third-order valence-corrected chi connectivity index (χ3v) is 3.50. The molecule has 3 rings (SSSR count). The van der Waals surface area contributed by atoms with Crippen LogP contribution in [-0.4, -0.2) is 26.8 Å². The first-order chi connectivity index (χ1) is 11.5. The van der Waals surface area contributed by atoms with E-state index in [2.05, 4.69) is 10.4 Å². The Hall–Kier alpha value is -3.06. The lowest BCUT2D eigenvalue weighted by atomic mass is 10.3. The van der Waals surface area contributed by atoms with Gasteiger partial charge in [-0.3, -0.25) is 4.79 Å². The van der Waals surface area contributed by atoms with Gasteiger partial charge in [0.25, 0.3) is 5.91 Å². The number of halogens is 1. The summed E-state index contributed by atoms with van der Waals surface area (Å²) >= 11 is 5.85. The molecule has 0 saturated carbocycles. The number of rotatable bonds is 5. The average molecular weight is 346 g/mol.